The highest BCUT2D eigenvalue weighted by molar-refractivity contribution is 6.31. The minimum absolute atomic E-state index is 0.316. The number of carbonyl (C=O) groups excluding carboxylic acids is 1. The van der Waals surface area contributed by atoms with Crippen LogP contribution in [-0.2, 0) is 9.53 Å². The number of carbonyl (C=O) groups is 2. The Hall–Kier alpha value is -4.30. The summed E-state index contributed by atoms with van der Waals surface area (Å²) in [5.41, 5.74) is 5.49. The lowest BCUT2D eigenvalue weighted by molar-refractivity contribution is -0.140. The summed E-state index contributed by atoms with van der Waals surface area (Å²) >= 11 is 6.23. The van der Waals surface area contributed by atoms with E-state index in [9.17, 15) is 14.7 Å². The van der Waals surface area contributed by atoms with Gasteiger partial charge in [-0.25, -0.2) is 4.79 Å². The van der Waals surface area contributed by atoms with E-state index in [1.165, 1.54) is 0 Å². The van der Waals surface area contributed by atoms with Gasteiger partial charge in [0.1, 0.15) is 17.5 Å². The van der Waals surface area contributed by atoms with Crippen LogP contribution in [0, 0.1) is 12.8 Å². The Labute approximate surface area is 231 Å². The van der Waals surface area contributed by atoms with Crippen molar-refractivity contribution in [3.63, 3.8) is 0 Å². The molecule has 9 heteroatoms. The number of nitrogens with one attached hydrogen (secondary N) is 1. The van der Waals surface area contributed by atoms with Crippen LogP contribution in [0.4, 0.5) is 16.2 Å². The zero-order valence-electron chi connectivity index (χ0n) is 21.6. The van der Waals surface area contributed by atoms with E-state index in [0.29, 0.717) is 40.7 Å². The fraction of sp³-hybridized carbons (Fsp3) is 0.233. The van der Waals surface area contributed by atoms with Crippen molar-refractivity contribution < 1.29 is 24.0 Å². The number of halogens is 1. The van der Waals surface area contributed by atoms with Crippen LogP contribution in [0.25, 0.3) is 22.5 Å². The van der Waals surface area contributed by atoms with E-state index in [0.717, 1.165) is 28.9 Å². The van der Waals surface area contributed by atoms with E-state index in [1.54, 1.807) is 19.9 Å². The molecule has 39 heavy (non-hydrogen) atoms. The number of carboxylic acids is 1. The topological polar surface area (TPSA) is 105 Å². The first kappa shape index (κ1) is 26.3. The number of carboxylic acid groups (broad SMARTS) is 1. The molecule has 0 radical (unpaired) electrons. The Kier molecular flexibility index (Phi) is 7.56. The van der Waals surface area contributed by atoms with Gasteiger partial charge in [-0.15, -0.1) is 0 Å². The highest BCUT2D eigenvalue weighted by Gasteiger charge is 2.28. The molecular formula is C30H28ClN3O5. The average molecular weight is 546 g/mol. The third-order valence-corrected chi connectivity index (χ3v) is 7.31. The number of hydrogen-bond donors (Lipinski definition) is 2. The van der Waals surface area contributed by atoms with Crippen molar-refractivity contribution in [2.75, 3.05) is 23.3 Å². The summed E-state index contributed by atoms with van der Waals surface area (Å²) in [6.45, 7) is 4.77. The van der Waals surface area contributed by atoms with Gasteiger partial charge in [0.25, 0.3) is 0 Å². The molecule has 5 rings (SSSR count). The van der Waals surface area contributed by atoms with E-state index < -0.39 is 18.2 Å². The Morgan fingerprint density at radius 1 is 1.05 bits per heavy atom. The molecule has 1 aliphatic heterocycles. The molecule has 0 saturated carbocycles. The quantitative estimate of drug-likeness (QED) is 0.253. The predicted octanol–water partition coefficient (Wildman–Crippen LogP) is 7.19. The van der Waals surface area contributed by atoms with Crippen molar-refractivity contribution in [2.24, 2.45) is 5.92 Å². The van der Waals surface area contributed by atoms with Gasteiger partial charge in [0.05, 0.1) is 5.92 Å². The molecule has 0 spiro atoms. The van der Waals surface area contributed by atoms with Gasteiger partial charge in [0.2, 0.25) is 0 Å². The van der Waals surface area contributed by atoms with Crippen molar-refractivity contribution in [1.29, 1.82) is 0 Å². The van der Waals surface area contributed by atoms with E-state index >= 15 is 0 Å². The lowest BCUT2D eigenvalue weighted by atomic mass is 10.0. The van der Waals surface area contributed by atoms with Crippen LogP contribution in [0.3, 0.4) is 0 Å². The van der Waals surface area contributed by atoms with Crippen LogP contribution in [0.15, 0.2) is 77.3 Å². The second-order valence-corrected chi connectivity index (χ2v) is 9.97. The van der Waals surface area contributed by atoms with Gasteiger partial charge in [0.15, 0.2) is 5.76 Å². The van der Waals surface area contributed by atoms with Crippen molar-refractivity contribution in [1.82, 2.24) is 5.16 Å². The SMILES string of the molecule is Cc1noc(-c2ccc(-c3ccc(N4CCC(C(=O)O)C4)cc3)cc2)c1NC(=O)OC(C)c1ccccc1Cl. The number of hydrogen-bond acceptors (Lipinski definition) is 6. The number of anilines is 2. The van der Waals surface area contributed by atoms with Gasteiger partial charge in [0, 0.05) is 34.9 Å². The number of ether oxygens (including phenoxy) is 1. The Balaban J connectivity index is 1.27. The number of nitrogens with zero attached hydrogens (tertiary/aromatic N) is 2. The molecule has 8 nitrogen and oxygen atoms in total. The molecule has 2 atom stereocenters. The first-order valence-electron chi connectivity index (χ1n) is 12.7. The van der Waals surface area contributed by atoms with E-state index in [1.807, 2.05) is 66.7 Å². The molecular weight excluding hydrogens is 518 g/mol. The smallest absolute Gasteiger partial charge is 0.412 e. The van der Waals surface area contributed by atoms with E-state index in [2.05, 4.69) is 15.4 Å². The minimum Gasteiger partial charge on any atom is -0.481 e. The lowest BCUT2D eigenvalue weighted by Crippen LogP contribution is -2.22. The molecule has 1 aromatic heterocycles. The first-order valence-corrected chi connectivity index (χ1v) is 13.0. The zero-order valence-corrected chi connectivity index (χ0v) is 22.3. The molecule has 1 saturated heterocycles. The number of amides is 1. The molecule has 1 aliphatic rings. The summed E-state index contributed by atoms with van der Waals surface area (Å²) in [5.74, 6) is -0.624. The first-order chi connectivity index (χ1) is 18.8. The highest BCUT2D eigenvalue weighted by atomic mass is 35.5. The van der Waals surface area contributed by atoms with Crippen molar-refractivity contribution in [2.45, 2.75) is 26.4 Å². The molecule has 2 N–H and O–H groups in total. The molecule has 3 aromatic carbocycles. The van der Waals surface area contributed by atoms with Crippen LogP contribution >= 0.6 is 11.6 Å². The summed E-state index contributed by atoms with van der Waals surface area (Å²) in [6.07, 6.45) is -0.523. The molecule has 1 amide bonds. The van der Waals surface area contributed by atoms with Gasteiger partial charge in [-0.05, 0) is 49.6 Å². The maximum atomic E-state index is 12.7. The predicted molar refractivity (Wildman–Crippen MR) is 150 cm³/mol. The molecule has 4 aromatic rings. The van der Waals surface area contributed by atoms with Crippen LogP contribution < -0.4 is 10.2 Å². The standard InChI is InChI=1S/C30H28ClN3O5/c1-18-27(32-30(37)38-19(2)25-5-3-4-6-26(25)31)28(39-33-18)22-9-7-20(8-10-22)21-11-13-24(14-12-21)34-16-15-23(17-34)29(35)36/h3-14,19,23H,15-17H2,1-2H3,(H,32,37)(H,35,36). The molecule has 0 bridgehead atoms. The third kappa shape index (κ3) is 5.76. The van der Waals surface area contributed by atoms with Gasteiger partial charge in [-0.1, -0.05) is 71.4 Å². The van der Waals surface area contributed by atoms with Gasteiger partial charge in [-0.3, -0.25) is 10.1 Å². The average Bonchev–Trinajstić information content (AvgIpc) is 3.57. The summed E-state index contributed by atoms with van der Waals surface area (Å²) < 4.78 is 11.1. The van der Waals surface area contributed by atoms with Gasteiger partial charge in [-0.2, -0.15) is 0 Å². The Morgan fingerprint density at radius 3 is 2.33 bits per heavy atom. The number of rotatable bonds is 7. The monoisotopic (exact) mass is 545 g/mol. The molecule has 2 heterocycles. The van der Waals surface area contributed by atoms with E-state index in [4.69, 9.17) is 20.9 Å². The van der Waals surface area contributed by atoms with Crippen molar-refractivity contribution in [3.8, 4) is 22.5 Å². The van der Waals surface area contributed by atoms with Crippen molar-refractivity contribution >= 4 is 35.0 Å². The third-order valence-electron chi connectivity index (χ3n) is 6.97. The summed E-state index contributed by atoms with van der Waals surface area (Å²) in [5, 5.41) is 16.6. The normalized spacial score (nSPS) is 15.7. The van der Waals surface area contributed by atoms with Gasteiger partial charge >= 0.3 is 12.1 Å². The molecule has 1 fully saturated rings. The largest absolute Gasteiger partial charge is 0.481 e. The Bertz CT molecular complexity index is 1480. The maximum absolute atomic E-state index is 12.7. The second-order valence-electron chi connectivity index (χ2n) is 9.56. The maximum Gasteiger partial charge on any atom is 0.412 e. The highest BCUT2D eigenvalue weighted by Crippen LogP contribution is 2.34. The number of aromatic nitrogens is 1. The minimum atomic E-state index is -0.738. The second kappa shape index (κ2) is 11.2. The van der Waals surface area contributed by atoms with Crippen LogP contribution in [0.2, 0.25) is 5.02 Å². The van der Waals surface area contributed by atoms with Crippen LogP contribution in [0.1, 0.15) is 30.7 Å². The number of aryl methyl sites for hydroxylation is 1. The Morgan fingerprint density at radius 2 is 1.69 bits per heavy atom. The number of benzene rings is 3. The summed E-state index contributed by atoms with van der Waals surface area (Å²) in [7, 11) is 0. The summed E-state index contributed by atoms with van der Waals surface area (Å²) in [4.78, 5) is 26.0. The molecule has 2 unspecified atom stereocenters. The summed E-state index contributed by atoms with van der Waals surface area (Å²) in [6, 6.07) is 23.1. The lowest BCUT2D eigenvalue weighted by Gasteiger charge is -2.18. The fourth-order valence-electron chi connectivity index (χ4n) is 4.75. The molecule has 200 valence electrons. The number of aliphatic carboxylic acids is 1. The van der Waals surface area contributed by atoms with Crippen molar-refractivity contribution in [3.05, 3.63) is 89.1 Å². The van der Waals surface area contributed by atoms with E-state index in [-0.39, 0.29) is 5.92 Å². The van der Waals surface area contributed by atoms with Crippen LogP contribution in [0.5, 0.6) is 0 Å². The van der Waals surface area contributed by atoms with Gasteiger partial charge < -0.3 is 19.3 Å². The van der Waals surface area contributed by atoms with Crippen LogP contribution in [-0.4, -0.2) is 35.4 Å². The zero-order chi connectivity index (χ0) is 27.5. The fourth-order valence-corrected chi connectivity index (χ4v) is 5.04. The molecule has 0 aliphatic carbocycles.